The fraction of sp³-hybridized carbons (Fsp3) is 0.444. The number of aliphatic hydroxyl groups excluding tert-OH is 2. The largest absolute Gasteiger partial charge is 0.394 e. The molecule has 0 spiro atoms. The van der Waals surface area contributed by atoms with Crippen LogP contribution >= 0.6 is 0 Å². The summed E-state index contributed by atoms with van der Waals surface area (Å²) in [7, 11) is 0. The van der Waals surface area contributed by atoms with E-state index in [1.807, 2.05) is 0 Å². The molecule has 2 atom stereocenters. The van der Waals surface area contributed by atoms with Crippen molar-refractivity contribution >= 4 is 0 Å². The minimum Gasteiger partial charge on any atom is -0.394 e. The first-order valence-electron chi connectivity index (χ1n) is 4.34. The van der Waals surface area contributed by atoms with Crippen molar-refractivity contribution in [3.05, 3.63) is 30.1 Å². The molecule has 0 aromatic carbocycles. The van der Waals surface area contributed by atoms with E-state index in [4.69, 9.17) is 15.9 Å². The van der Waals surface area contributed by atoms with Gasteiger partial charge in [-0.15, -0.1) is 0 Å². The Bertz CT molecular complexity index is 308. The predicted octanol–water partition coefficient (Wildman–Crippen LogP) is -0.146. The van der Waals surface area contributed by atoms with E-state index in [2.05, 4.69) is 4.98 Å². The summed E-state index contributed by atoms with van der Waals surface area (Å²) in [5.74, 6) is -3.47. The molecule has 0 radical (unpaired) electrons. The van der Waals surface area contributed by atoms with E-state index in [-0.39, 0.29) is 0 Å². The van der Waals surface area contributed by atoms with Crippen LogP contribution in [0.2, 0.25) is 0 Å². The third kappa shape index (κ3) is 2.47. The van der Waals surface area contributed by atoms with Gasteiger partial charge < -0.3 is 15.9 Å². The summed E-state index contributed by atoms with van der Waals surface area (Å²) in [6.45, 7) is -0.816. The molecule has 4 nitrogen and oxygen atoms in total. The highest BCUT2D eigenvalue weighted by Crippen LogP contribution is 2.30. The lowest BCUT2D eigenvalue weighted by atomic mass is 10.0. The van der Waals surface area contributed by atoms with E-state index in [1.165, 1.54) is 18.3 Å². The van der Waals surface area contributed by atoms with E-state index >= 15 is 0 Å². The summed E-state index contributed by atoms with van der Waals surface area (Å²) in [5, 5.41) is 17.6. The summed E-state index contributed by atoms with van der Waals surface area (Å²) in [4.78, 5) is 3.47. The molecule has 1 aromatic rings. The van der Waals surface area contributed by atoms with E-state index < -0.39 is 30.4 Å². The SMILES string of the molecule is N[C@@H]([C@H](O)CO)C(F)(F)c1ccccn1. The van der Waals surface area contributed by atoms with Crippen LogP contribution in [0.1, 0.15) is 5.69 Å². The molecule has 0 saturated heterocycles. The Hall–Kier alpha value is -1.11. The molecule has 1 heterocycles. The quantitative estimate of drug-likeness (QED) is 0.657. The number of aromatic nitrogens is 1. The van der Waals surface area contributed by atoms with Gasteiger partial charge in [0.25, 0.3) is 0 Å². The zero-order valence-corrected chi connectivity index (χ0v) is 7.85. The maximum absolute atomic E-state index is 13.5. The van der Waals surface area contributed by atoms with Crippen LogP contribution in [-0.2, 0) is 5.92 Å². The van der Waals surface area contributed by atoms with Crippen molar-refractivity contribution in [2.75, 3.05) is 6.61 Å². The highest BCUT2D eigenvalue weighted by atomic mass is 19.3. The van der Waals surface area contributed by atoms with Crippen molar-refractivity contribution in [3.63, 3.8) is 0 Å². The predicted molar refractivity (Wildman–Crippen MR) is 49.2 cm³/mol. The molecule has 0 fully saturated rings. The standard InChI is InChI=1S/C9H12F2N2O2/c10-9(11,8(12)6(15)5-14)7-3-1-2-4-13-7/h1-4,6,8,14-15H,5,12H2/t6-,8+/m1/s1. The lowest BCUT2D eigenvalue weighted by molar-refractivity contribution is -0.0843. The highest BCUT2D eigenvalue weighted by molar-refractivity contribution is 5.13. The first kappa shape index (κ1) is 12.0. The van der Waals surface area contributed by atoms with Crippen LogP contribution in [0.4, 0.5) is 8.78 Å². The van der Waals surface area contributed by atoms with Gasteiger partial charge in [0.05, 0.1) is 12.7 Å². The zero-order chi connectivity index (χ0) is 11.5. The van der Waals surface area contributed by atoms with E-state index in [1.54, 1.807) is 0 Å². The maximum atomic E-state index is 13.5. The van der Waals surface area contributed by atoms with Crippen LogP contribution in [0.5, 0.6) is 0 Å². The molecule has 0 aliphatic heterocycles. The van der Waals surface area contributed by atoms with Gasteiger partial charge in [0.1, 0.15) is 11.7 Å². The lowest BCUT2D eigenvalue weighted by Crippen LogP contribution is -2.49. The lowest BCUT2D eigenvalue weighted by Gasteiger charge is -2.25. The van der Waals surface area contributed by atoms with Crippen molar-refractivity contribution in [3.8, 4) is 0 Å². The molecule has 0 unspecified atom stereocenters. The number of nitrogens with zero attached hydrogens (tertiary/aromatic N) is 1. The van der Waals surface area contributed by atoms with Gasteiger partial charge in [-0.1, -0.05) is 6.07 Å². The van der Waals surface area contributed by atoms with Crippen LogP contribution in [0.15, 0.2) is 24.4 Å². The Balaban J connectivity index is 2.92. The van der Waals surface area contributed by atoms with Gasteiger partial charge in [0.15, 0.2) is 0 Å². The van der Waals surface area contributed by atoms with Crippen LogP contribution in [0.25, 0.3) is 0 Å². The van der Waals surface area contributed by atoms with Gasteiger partial charge in [-0.2, -0.15) is 8.78 Å². The molecule has 0 aliphatic carbocycles. The molecule has 0 saturated carbocycles. The molecule has 84 valence electrons. The van der Waals surface area contributed by atoms with Gasteiger partial charge in [-0.25, -0.2) is 0 Å². The molecular formula is C9H12F2N2O2. The smallest absolute Gasteiger partial charge is 0.307 e. The number of nitrogens with two attached hydrogens (primary N) is 1. The molecule has 6 heteroatoms. The van der Waals surface area contributed by atoms with Crippen LogP contribution in [0.3, 0.4) is 0 Å². The molecule has 15 heavy (non-hydrogen) atoms. The normalized spacial score (nSPS) is 16.1. The van der Waals surface area contributed by atoms with Gasteiger partial charge in [0, 0.05) is 6.20 Å². The first-order valence-corrected chi connectivity index (χ1v) is 4.34. The molecule has 0 aliphatic rings. The van der Waals surface area contributed by atoms with E-state index in [9.17, 15) is 8.78 Å². The average molecular weight is 218 g/mol. The topological polar surface area (TPSA) is 79.4 Å². The maximum Gasteiger partial charge on any atom is 0.307 e. The second-order valence-electron chi connectivity index (χ2n) is 3.11. The van der Waals surface area contributed by atoms with Crippen molar-refractivity contribution < 1.29 is 19.0 Å². The van der Waals surface area contributed by atoms with Gasteiger partial charge in [-0.05, 0) is 12.1 Å². The number of pyridine rings is 1. The molecular weight excluding hydrogens is 206 g/mol. The van der Waals surface area contributed by atoms with Crippen LogP contribution in [-0.4, -0.2) is 33.9 Å². The number of halogens is 2. The third-order valence-corrected chi connectivity index (χ3v) is 2.03. The van der Waals surface area contributed by atoms with Crippen molar-refractivity contribution in [1.82, 2.24) is 4.98 Å². The molecule has 0 amide bonds. The van der Waals surface area contributed by atoms with E-state index in [0.717, 1.165) is 6.07 Å². The van der Waals surface area contributed by atoms with E-state index in [0.29, 0.717) is 0 Å². The van der Waals surface area contributed by atoms with Crippen molar-refractivity contribution in [1.29, 1.82) is 0 Å². The molecule has 1 aromatic heterocycles. The summed E-state index contributed by atoms with van der Waals surface area (Å²) in [6, 6.07) is 2.13. The van der Waals surface area contributed by atoms with Gasteiger partial charge in [-0.3, -0.25) is 4.98 Å². The Morgan fingerprint density at radius 2 is 2.13 bits per heavy atom. The number of rotatable bonds is 4. The number of hydrogen-bond donors (Lipinski definition) is 3. The summed E-state index contributed by atoms with van der Waals surface area (Å²) < 4.78 is 27.1. The second kappa shape index (κ2) is 4.61. The van der Waals surface area contributed by atoms with Gasteiger partial charge >= 0.3 is 5.92 Å². The Kier molecular flexibility index (Phi) is 3.67. The molecule has 0 bridgehead atoms. The molecule has 1 rings (SSSR count). The summed E-state index contributed by atoms with van der Waals surface area (Å²) in [5.41, 5.74) is 4.61. The minimum atomic E-state index is -3.47. The minimum absolute atomic E-state index is 0.523. The highest BCUT2D eigenvalue weighted by Gasteiger charge is 2.43. The first-order chi connectivity index (χ1) is 7.00. The summed E-state index contributed by atoms with van der Waals surface area (Å²) >= 11 is 0. The number of aliphatic hydroxyl groups is 2. The fourth-order valence-electron chi connectivity index (χ4n) is 1.09. The molecule has 4 N–H and O–H groups in total. The average Bonchev–Trinajstić information content (AvgIpc) is 2.28. The van der Waals surface area contributed by atoms with Crippen molar-refractivity contribution in [2.45, 2.75) is 18.1 Å². The third-order valence-electron chi connectivity index (χ3n) is 2.03. The summed E-state index contributed by atoms with van der Waals surface area (Å²) in [6.07, 6.45) is -0.469. The number of hydrogen-bond acceptors (Lipinski definition) is 4. The second-order valence-corrected chi connectivity index (χ2v) is 3.11. The van der Waals surface area contributed by atoms with Crippen molar-refractivity contribution in [2.24, 2.45) is 5.73 Å². The van der Waals surface area contributed by atoms with Crippen LogP contribution < -0.4 is 5.73 Å². The Morgan fingerprint density at radius 3 is 2.60 bits per heavy atom. The Morgan fingerprint density at radius 1 is 1.47 bits per heavy atom. The van der Waals surface area contributed by atoms with Crippen LogP contribution in [0, 0.1) is 0 Å². The monoisotopic (exact) mass is 218 g/mol. The zero-order valence-electron chi connectivity index (χ0n) is 7.85. The fourth-order valence-corrected chi connectivity index (χ4v) is 1.09. The van der Waals surface area contributed by atoms with Gasteiger partial charge in [0.2, 0.25) is 0 Å². The Labute approximate surface area is 85.4 Å². The number of alkyl halides is 2.